The van der Waals surface area contributed by atoms with Crippen molar-refractivity contribution in [1.29, 1.82) is 5.41 Å². The normalized spacial score (nSPS) is 19.2. The van der Waals surface area contributed by atoms with Gasteiger partial charge in [0.1, 0.15) is 5.75 Å². The highest BCUT2D eigenvalue weighted by atomic mass is 32.2. The second-order valence-corrected chi connectivity index (χ2v) is 9.13. The maximum Gasteiger partial charge on any atom is 0.283 e. The number of ether oxygens (including phenoxy) is 1. The van der Waals surface area contributed by atoms with Gasteiger partial charge in [-0.25, -0.2) is 0 Å². The molecule has 3 aliphatic heterocycles. The van der Waals surface area contributed by atoms with Crippen LogP contribution in [0.15, 0.2) is 58.3 Å². The van der Waals surface area contributed by atoms with Crippen LogP contribution in [0, 0.1) is 12.3 Å². The van der Waals surface area contributed by atoms with Gasteiger partial charge in [-0.05, 0) is 67.8 Å². The molecule has 1 N–H and O–H groups in total. The molecule has 0 radical (unpaired) electrons. The van der Waals surface area contributed by atoms with Crippen molar-refractivity contribution in [2.24, 2.45) is 10.1 Å². The van der Waals surface area contributed by atoms with Crippen LogP contribution >= 0.6 is 11.8 Å². The second kappa shape index (κ2) is 9.27. The topological polar surface area (TPSA) is 86.3 Å². The van der Waals surface area contributed by atoms with Crippen molar-refractivity contribution in [2.45, 2.75) is 32.7 Å². The number of rotatable bonds is 6. The molecule has 9 heteroatoms. The van der Waals surface area contributed by atoms with Crippen LogP contribution in [0.2, 0.25) is 0 Å². The Labute approximate surface area is 197 Å². The zero-order chi connectivity index (χ0) is 22.8. The number of fused-ring (bicyclic) bond motifs is 1. The van der Waals surface area contributed by atoms with Crippen LogP contribution in [-0.2, 0) is 11.3 Å². The predicted octanol–water partition coefficient (Wildman–Crippen LogP) is 3.94. The number of amides is 1. The van der Waals surface area contributed by atoms with Crippen molar-refractivity contribution in [3.63, 3.8) is 0 Å². The van der Waals surface area contributed by atoms with Crippen molar-refractivity contribution in [3.8, 4) is 5.75 Å². The van der Waals surface area contributed by atoms with E-state index >= 15 is 0 Å². The number of aryl methyl sites for hydroxylation is 2. The van der Waals surface area contributed by atoms with Crippen LogP contribution in [0.25, 0.3) is 6.08 Å². The molecular weight excluding hydrogens is 436 g/mol. The van der Waals surface area contributed by atoms with E-state index in [0.717, 1.165) is 61.1 Å². The van der Waals surface area contributed by atoms with Crippen LogP contribution < -0.4 is 4.74 Å². The number of nitrogens with zero attached hydrogens (tertiary/aromatic N) is 5. The Morgan fingerprint density at radius 3 is 2.79 bits per heavy atom. The van der Waals surface area contributed by atoms with Gasteiger partial charge in [0.15, 0.2) is 11.0 Å². The Kier molecular flexibility index (Phi) is 6.04. The molecule has 5 rings (SSSR count). The molecule has 0 unspecified atom stereocenters. The van der Waals surface area contributed by atoms with Crippen LogP contribution in [0.4, 0.5) is 0 Å². The number of hydrogen-bond donors (Lipinski definition) is 1. The van der Waals surface area contributed by atoms with Crippen molar-refractivity contribution in [2.75, 3.05) is 19.7 Å². The average molecular weight is 463 g/mol. The lowest BCUT2D eigenvalue weighted by atomic mass is 10.1. The van der Waals surface area contributed by atoms with E-state index in [4.69, 9.17) is 10.1 Å². The minimum Gasteiger partial charge on any atom is -0.493 e. The largest absolute Gasteiger partial charge is 0.493 e. The number of aliphatic imine (C=N–C) groups is 1. The first-order valence-electron chi connectivity index (χ1n) is 11.2. The van der Waals surface area contributed by atoms with Crippen molar-refractivity contribution >= 4 is 39.9 Å². The molecule has 0 atom stereocenters. The van der Waals surface area contributed by atoms with Crippen LogP contribution in [0.1, 0.15) is 30.5 Å². The average Bonchev–Trinajstić information content (AvgIpc) is 3.56. The highest BCUT2D eigenvalue weighted by molar-refractivity contribution is 8.26. The van der Waals surface area contributed by atoms with Gasteiger partial charge in [-0.15, -0.1) is 5.10 Å². The molecule has 1 aromatic carbocycles. The van der Waals surface area contributed by atoms with Gasteiger partial charge in [-0.2, -0.15) is 10.0 Å². The van der Waals surface area contributed by atoms with Crippen LogP contribution in [0.3, 0.4) is 0 Å². The Morgan fingerprint density at radius 1 is 1.15 bits per heavy atom. The molecule has 170 valence electrons. The fourth-order valence-electron chi connectivity index (χ4n) is 4.06. The van der Waals surface area contributed by atoms with Crippen LogP contribution in [-0.4, -0.2) is 56.3 Å². The van der Waals surface area contributed by atoms with Gasteiger partial charge in [-0.1, -0.05) is 18.2 Å². The number of para-hydroxylation sites is 1. The molecule has 1 fully saturated rings. The first-order chi connectivity index (χ1) is 16.1. The van der Waals surface area contributed by atoms with Gasteiger partial charge in [0, 0.05) is 31.5 Å². The fraction of sp³-hybridized carbons (Fsp3) is 0.333. The van der Waals surface area contributed by atoms with Crippen molar-refractivity contribution in [1.82, 2.24) is 14.5 Å². The first-order valence-corrected chi connectivity index (χ1v) is 12.0. The number of aromatic nitrogens is 1. The summed E-state index contributed by atoms with van der Waals surface area (Å²) < 4.78 is 7.96. The van der Waals surface area contributed by atoms with Gasteiger partial charge in [0.05, 0.1) is 12.2 Å². The number of likely N-dealkylation sites (tertiary alicyclic amines) is 1. The predicted molar refractivity (Wildman–Crippen MR) is 132 cm³/mol. The number of nitrogens with one attached hydrogen (secondary N) is 1. The SMILES string of the molecule is Cc1ccccc1OCCCn1cccc1/C=C1\C(=N)N2N=C(N3CCCC3)SC2=NC1=O. The number of thioether (sulfide) groups is 1. The van der Waals surface area contributed by atoms with E-state index in [2.05, 4.69) is 19.6 Å². The molecule has 0 saturated carbocycles. The summed E-state index contributed by atoms with van der Waals surface area (Å²) in [5.41, 5.74) is 2.23. The van der Waals surface area contributed by atoms with E-state index in [1.807, 2.05) is 49.5 Å². The van der Waals surface area contributed by atoms with Gasteiger partial charge in [0.25, 0.3) is 5.91 Å². The van der Waals surface area contributed by atoms with E-state index in [1.54, 1.807) is 6.08 Å². The maximum absolute atomic E-state index is 12.7. The quantitative estimate of drug-likeness (QED) is 0.519. The number of benzene rings is 1. The molecule has 0 aliphatic carbocycles. The number of carbonyl (C=O) groups is 1. The molecule has 0 bridgehead atoms. The van der Waals surface area contributed by atoms with Gasteiger partial charge >= 0.3 is 0 Å². The summed E-state index contributed by atoms with van der Waals surface area (Å²) >= 11 is 1.37. The number of amidine groups is 3. The summed E-state index contributed by atoms with van der Waals surface area (Å²) in [5, 5.41) is 15.9. The van der Waals surface area contributed by atoms with Crippen molar-refractivity contribution in [3.05, 3.63) is 59.4 Å². The first kappa shape index (κ1) is 21.5. The third-order valence-corrected chi connectivity index (χ3v) is 6.84. The third-order valence-electron chi connectivity index (χ3n) is 5.87. The molecule has 8 nitrogen and oxygen atoms in total. The summed E-state index contributed by atoms with van der Waals surface area (Å²) in [5.74, 6) is 0.578. The molecular formula is C24H26N6O2S. The van der Waals surface area contributed by atoms with Gasteiger partial charge in [-0.3, -0.25) is 10.2 Å². The van der Waals surface area contributed by atoms with Crippen LogP contribution in [0.5, 0.6) is 5.75 Å². The zero-order valence-electron chi connectivity index (χ0n) is 18.5. The Balaban J connectivity index is 1.26. The lowest BCUT2D eigenvalue weighted by Crippen LogP contribution is -2.35. The summed E-state index contributed by atoms with van der Waals surface area (Å²) in [6.45, 7) is 5.29. The summed E-state index contributed by atoms with van der Waals surface area (Å²) in [4.78, 5) is 19.1. The van der Waals surface area contributed by atoms with Gasteiger partial charge in [0.2, 0.25) is 5.17 Å². The lowest BCUT2D eigenvalue weighted by Gasteiger charge is -2.20. The smallest absolute Gasteiger partial charge is 0.283 e. The zero-order valence-corrected chi connectivity index (χ0v) is 19.3. The lowest BCUT2D eigenvalue weighted by molar-refractivity contribution is -0.114. The maximum atomic E-state index is 12.7. The van der Waals surface area contributed by atoms with Crippen molar-refractivity contribution < 1.29 is 9.53 Å². The third kappa shape index (κ3) is 4.45. The highest BCUT2D eigenvalue weighted by Crippen LogP contribution is 2.30. The summed E-state index contributed by atoms with van der Waals surface area (Å²) in [7, 11) is 0. The minimum atomic E-state index is -0.396. The number of hydrogen-bond acceptors (Lipinski definition) is 6. The van der Waals surface area contributed by atoms with E-state index in [-0.39, 0.29) is 11.4 Å². The highest BCUT2D eigenvalue weighted by Gasteiger charge is 2.37. The molecule has 33 heavy (non-hydrogen) atoms. The molecule has 2 aromatic rings. The summed E-state index contributed by atoms with van der Waals surface area (Å²) in [6.07, 6.45) is 6.81. The molecule has 4 heterocycles. The molecule has 3 aliphatic rings. The van der Waals surface area contributed by atoms with E-state index in [1.165, 1.54) is 16.8 Å². The monoisotopic (exact) mass is 462 g/mol. The fourth-order valence-corrected chi connectivity index (χ4v) is 5.01. The molecule has 1 aromatic heterocycles. The van der Waals surface area contributed by atoms with E-state index in [0.29, 0.717) is 11.8 Å². The number of hydrazone groups is 1. The minimum absolute atomic E-state index is 0.0716. The summed E-state index contributed by atoms with van der Waals surface area (Å²) in [6, 6.07) is 11.9. The standard InChI is InChI=1S/C24H26N6O2S/c1-17-8-2-3-10-20(17)32-15-7-14-28-13-6-9-18(28)16-19-21(25)30-23(26-22(19)31)33-24(27-30)29-11-4-5-12-29/h2-3,6,8-10,13,16,25H,4-5,7,11-12,14-15H2,1H3/b19-16+,25-21?. The number of carbonyl (C=O) groups excluding carboxylic acids is 1. The Bertz CT molecular complexity index is 1180. The van der Waals surface area contributed by atoms with E-state index in [9.17, 15) is 4.79 Å². The molecule has 1 saturated heterocycles. The van der Waals surface area contributed by atoms with E-state index < -0.39 is 5.91 Å². The second-order valence-electron chi connectivity index (χ2n) is 8.19. The molecule has 0 spiro atoms. The Hall–Kier alpha value is -3.33. The Morgan fingerprint density at radius 2 is 1.97 bits per heavy atom. The van der Waals surface area contributed by atoms with Gasteiger partial charge < -0.3 is 14.2 Å². The molecule has 1 amide bonds.